The van der Waals surface area contributed by atoms with Crippen molar-refractivity contribution in [3.05, 3.63) is 64.1 Å². The third-order valence-corrected chi connectivity index (χ3v) is 4.27. The predicted octanol–water partition coefficient (Wildman–Crippen LogP) is 3.01. The lowest BCUT2D eigenvalue weighted by atomic mass is 9.79. The summed E-state index contributed by atoms with van der Waals surface area (Å²) in [6.45, 7) is 4.04. The molecule has 0 radical (unpaired) electrons. The Morgan fingerprint density at radius 1 is 1.26 bits per heavy atom. The third kappa shape index (κ3) is 1.95. The van der Waals surface area contributed by atoms with E-state index in [0.29, 0.717) is 0 Å². The number of nitriles is 2. The molecule has 1 aliphatic carbocycles. The van der Waals surface area contributed by atoms with Gasteiger partial charge in [0.1, 0.15) is 17.7 Å². The van der Waals surface area contributed by atoms with E-state index in [0.717, 1.165) is 16.9 Å². The lowest BCUT2D eigenvalue weighted by Gasteiger charge is -2.24. The molecular weight excluding hydrogens is 290 g/mol. The second kappa shape index (κ2) is 4.86. The molecule has 0 unspecified atom stereocenters. The van der Waals surface area contributed by atoms with Gasteiger partial charge in [-0.2, -0.15) is 10.5 Å². The third-order valence-electron chi connectivity index (χ3n) is 4.27. The molecule has 2 N–H and O–H groups in total. The smallest absolute Gasteiger partial charge is 0.230 e. The number of carbonyl (C=O) groups is 1. The van der Waals surface area contributed by atoms with Crippen LogP contribution in [-0.4, -0.2) is 10.9 Å². The summed E-state index contributed by atoms with van der Waals surface area (Å²) in [6.07, 6.45) is 1.64. The molecule has 0 bridgehead atoms. The van der Waals surface area contributed by atoms with E-state index in [9.17, 15) is 9.90 Å². The number of carbonyl (C=O) groups excluding carboxylic acids is 1. The van der Waals surface area contributed by atoms with Gasteiger partial charge in [0.05, 0.1) is 5.57 Å². The molecule has 1 heterocycles. The molecule has 1 aromatic carbocycles. The lowest BCUT2D eigenvalue weighted by molar-refractivity contribution is -0.115. The molecule has 0 fully saturated rings. The van der Waals surface area contributed by atoms with E-state index in [2.05, 4.69) is 5.32 Å². The van der Waals surface area contributed by atoms with E-state index < -0.39 is 11.5 Å². The van der Waals surface area contributed by atoms with E-state index in [1.54, 1.807) is 18.2 Å². The summed E-state index contributed by atoms with van der Waals surface area (Å²) in [5.74, 6) is -1.08. The fraction of sp³-hybridized carbons (Fsp3) is 0.167. The van der Waals surface area contributed by atoms with Crippen molar-refractivity contribution in [3.8, 4) is 12.1 Å². The van der Waals surface area contributed by atoms with Crippen LogP contribution in [0.4, 0.5) is 5.69 Å². The number of allylic oxidation sites excluding steroid dienone is 5. The topological polar surface area (TPSA) is 96.9 Å². The van der Waals surface area contributed by atoms with Crippen molar-refractivity contribution in [2.24, 2.45) is 0 Å². The van der Waals surface area contributed by atoms with E-state index in [-0.39, 0.29) is 22.1 Å². The summed E-state index contributed by atoms with van der Waals surface area (Å²) in [6, 6.07) is 11.2. The second-order valence-electron chi connectivity index (χ2n) is 5.92. The number of aliphatic hydroxyl groups is 1. The SMILES string of the molecule is CC1(C)C(=CC2=C(O)C(=O)C2=C(C#N)C#N)Nc2ccccc21. The average Bonchev–Trinajstić information content (AvgIpc) is 2.81. The molecule has 5 nitrogen and oxygen atoms in total. The van der Waals surface area contributed by atoms with Gasteiger partial charge in [0, 0.05) is 22.4 Å². The van der Waals surface area contributed by atoms with Gasteiger partial charge in [-0.15, -0.1) is 0 Å². The van der Waals surface area contributed by atoms with Crippen molar-refractivity contribution in [2.45, 2.75) is 19.3 Å². The molecule has 0 atom stereocenters. The molecule has 112 valence electrons. The highest BCUT2D eigenvalue weighted by molar-refractivity contribution is 6.20. The minimum absolute atomic E-state index is 0.0199. The summed E-state index contributed by atoms with van der Waals surface area (Å²) in [5.41, 5.74) is 2.44. The minimum atomic E-state index is -0.664. The zero-order valence-electron chi connectivity index (χ0n) is 12.6. The number of para-hydroxylation sites is 1. The van der Waals surface area contributed by atoms with Crippen LogP contribution in [0.1, 0.15) is 19.4 Å². The summed E-state index contributed by atoms with van der Waals surface area (Å²) in [5, 5.41) is 31.0. The van der Waals surface area contributed by atoms with E-state index in [1.165, 1.54) is 0 Å². The van der Waals surface area contributed by atoms with Crippen molar-refractivity contribution in [3.63, 3.8) is 0 Å². The number of Topliss-reactive ketones (excluding diaryl/α,β-unsaturated/α-hetero) is 1. The Labute approximate surface area is 133 Å². The van der Waals surface area contributed by atoms with Crippen molar-refractivity contribution in [1.29, 1.82) is 10.5 Å². The van der Waals surface area contributed by atoms with Gasteiger partial charge in [0.2, 0.25) is 5.78 Å². The van der Waals surface area contributed by atoms with Crippen molar-refractivity contribution < 1.29 is 9.90 Å². The fourth-order valence-electron chi connectivity index (χ4n) is 2.89. The van der Waals surface area contributed by atoms with Crippen LogP contribution >= 0.6 is 0 Å². The number of aliphatic hydroxyl groups excluding tert-OH is 1. The van der Waals surface area contributed by atoms with Crippen molar-refractivity contribution >= 4 is 11.5 Å². The highest BCUT2D eigenvalue weighted by atomic mass is 16.3. The lowest BCUT2D eigenvalue weighted by Crippen LogP contribution is -2.25. The largest absolute Gasteiger partial charge is 0.504 e. The average molecular weight is 303 g/mol. The van der Waals surface area contributed by atoms with Gasteiger partial charge in [0.25, 0.3) is 0 Å². The second-order valence-corrected chi connectivity index (χ2v) is 5.92. The van der Waals surface area contributed by atoms with Gasteiger partial charge in [0.15, 0.2) is 5.76 Å². The number of nitrogens with zero attached hydrogens (tertiary/aromatic N) is 2. The molecular formula is C18H13N3O2. The Hall–Kier alpha value is -3.31. The molecule has 23 heavy (non-hydrogen) atoms. The molecule has 0 saturated heterocycles. The zero-order chi connectivity index (χ0) is 16.8. The molecule has 1 aromatic rings. The van der Waals surface area contributed by atoms with Crippen LogP contribution in [0.5, 0.6) is 0 Å². The first-order valence-electron chi connectivity index (χ1n) is 7.03. The normalized spacial score (nSPS) is 19.6. The van der Waals surface area contributed by atoms with Crippen LogP contribution in [0, 0.1) is 22.7 Å². The van der Waals surface area contributed by atoms with Crippen LogP contribution in [0.2, 0.25) is 0 Å². The Balaban J connectivity index is 2.12. The van der Waals surface area contributed by atoms with Crippen molar-refractivity contribution in [1.82, 2.24) is 0 Å². The maximum atomic E-state index is 11.8. The zero-order valence-corrected chi connectivity index (χ0v) is 12.6. The van der Waals surface area contributed by atoms with Crippen LogP contribution in [0.15, 0.2) is 58.5 Å². The summed E-state index contributed by atoms with van der Waals surface area (Å²) in [7, 11) is 0. The minimum Gasteiger partial charge on any atom is -0.504 e. The van der Waals surface area contributed by atoms with Crippen LogP contribution in [-0.2, 0) is 10.2 Å². The Kier molecular flexibility index (Phi) is 3.09. The highest BCUT2D eigenvalue weighted by Crippen LogP contribution is 2.45. The standard InChI is InChI=1S/C18H13N3O2/c1-18(2)12-5-3-4-6-13(12)21-14(18)7-11-15(10(8-19)9-20)17(23)16(11)22/h3-7,21-22H,1-2H3. The van der Waals surface area contributed by atoms with Gasteiger partial charge >= 0.3 is 0 Å². The molecule has 3 rings (SSSR count). The quantitative estimate of drug-likeness (QED) is 0.614. The molecule has 5 heteroatoms. The maximum absolute atomic E-state index is 11.8. The number of anilines is 1. The fourth-order valence-corrected chi connectivity index (χ4v) is 2.89. The first-order valence-corrected chi connectivity index (χ1v) is 7.03. The van der Waals surface area contributed by atoms with Crippen LogP contribution in [0.3, 0.4) is 0 Å². The maximum Gasteiger partial charge on any atom is 0.230 e. The molecule has 0 amide bonds. The molecule has 0 aromatic heterocycles. The molecule has 0 saturated carbocycles. The number of ketones is 1. The molecule has 2 aliphatic rings. The Bertz CT molecular complexity index is 902. The molecule has 0 spiro atoms. The van der Waals surface area contributed by atoms with Gasteiger partial charge in [-0.05, 0) is 17.7 Å². The highest BCUT2D eigenvalue weighted by Gasteiger charge is 2.39. The van der Waals surface area contributed by atoms with Crippen molar-refractivity contribution in [2.75, 3.05) is 5.32 Å². The number of rotatable bonds is 1. The summed E-state index contributed by atoms with van der Waals surface area (Å²) in [4.78, 5) is 11.8. The summed E-state index contributed by atoms with van der Waals surface area (Å²) >= 11 is 0. The van der Waals surface area contributed by atoms with Crippen LogP contribution in [0.25, 0.3) is 0 Å². The van der Waals surface area contributed by atoms with Gasteiger partial charge < -0.3 is 10.4 Å². The monoisotopic (exact) mass is 303 g/mol. The molecule has 1 aliphatic heterocycles. The van der Waals surface area contributed by atoms with Crippen LogP contribution < -0.4 is 5.32 Å². The van der Waals surface area contributed by atoms with Gasteiger partial charge in [-0.3, -0.25) is 4.79 Å². The summed E-state index contributed by atoms with van der Waals surface area (Å²) < 4.78 is 0. The van der Waals surface area contributed by atoms with E-state index in [4.69, 9.17) is 10.5 Å². The number of nitrogens with one attached hydrogen (secondary N) is 1. The number of benzene rings is 1. The van der Waals surface area contributed by atoms with E-state index in [1.807, 2.05) is 38.1 Å². The van der Waals surface area contributed by atoms with Gasteiger partial charge in [-0.1, -0.05) is 32.0 Å². The number of fused-ring (bicyclic) bond motifs is 1. The Morgan fingerprint density at radius 2 is 1.91 bits per heavy atom. The Morgan fingerprint density at radius 3 is 2.52 bits per heavy atom. The first kappa shape index (κ1) is 14.6. The predicted molar refractivity (Wildman–Crippen MR) is 84.1 cm³/mol. The first-order chi connectivity index (χ1) is 10.9. The van der Waals surface area contributed by atoms with E-state index >= 15 is 0 Å². The number of hydrogen-bond acceptors (Lipinski definition) is 5. The van der Waals surface area contributed by atoms with Gasteiger partial charge in [-0.25, -0.2) is 0 Å². The number of hydrogen-bond donors (Lipinski definition) is 2.